The molecule has 0 spiro atoms. The highest BCUT2D eigenvalue weighted by Crippen LogP contribution is 2.56. The molecule has 4 nitrogen and oxygen atoms in total. The minimum atomic E-state index is -0.295. The van der Waals surface area contributed by atoms with Gasteiger partial charge < -0.3 is 5.32 Å². The first-order chi connectivity index (χ1) is 15.3. The normalized spacial score (nSPS) is 21.3. The first-order valence-electron chi connectivity index (χ1n) is 9.89. The highest BCUT2D eigenvalue weighted by molar-refractivity contribution is 8.04. The minimum Gasteiger partial charge on any atom is -0.349 e. The number of nitriles is 1. The molecule has 0 unspecified atom stereocenters. The Bertz CT molecular complexity index is 1320. The number of fused-ring (bicyclic) bond motifs is 4. The Labute approximate surface area is 188 Å². The van der Waals surface area contributed by atoms with Gasteiger partial charge in [0, 0.05) is 15.4 Å². The summed E-state index contributed by atoms with van der Waals surface area (Å²) in [5.74, 6) is 0.124. The maximum atomic E-state index is 10.3. The molecule has 3 aliphatic heterocycles. The number of thioether (sulfide) groups is 2. The van der Waals surface area contributed by atoms with E-state index in [4.69, 9.17) is 0 Å². The van der Waals surface area contributed by atoms with Gasteiger partial charge >= 0.3 is 0 Å². The van der Waals surface area contributed by atoms with Crippen molar-refractivity contribution in [3.8, 4) is 6.07 Å². The summed E-state index contributed by atoms with van der Waals surface area (Å²) in [6.07, 6.45) is 0. The number of anilines is 2. The summed E-state index contributed by atoms with van der Waals surface area (Å²) < 4.78 is 0. The summed E-state index contributed by atoms with van der Waals surface area (Å²) in [4.78, 5) is 4.14. The Kier molecular flexibility index (Phi) is 4.20. The molecular formula is C25H16N4S2. The smallest absolute Gasteiger partial charge is 0.137 e. The predicted octanol–water partition coefficient (Wildman–Crippen LogP) is 6.54. The number of amidine groups is 1. The number of nitrogens with one attached hydrogen (secondary N) is 2. The van der Waals surface area contributed by atoms with Crippen molar-refractivity contribution in [2.24, 2.45) is 0 Å². The molecule has 0 bridgehead atoms. The van der Waals surface area contributed by atoms with Crippen molar-refractivity contribution < 1.29 is 0 Å². The van der Waals surface area contributed by atoms with Crippen molar-refractivity contribution in [2.75, 3.05) is 10.2 Å². The molecule has 148 valence electrons. The molecule has 3 aromatic rings. The van der Waals surface area contributed by atoms with Crippen LogP contribution in [0.15, 0.2) is 110 Å². The van der Waals surface area contributed by atoms with Gasteiger partial charge in [-0.2, -0.15) is 5.26 Å². The van der Waals surface area contributed by atoms with E-state index in [0.29, 0.717) is 11.4 Å². The molecule has 0 aromatic heterocycles. The molecule has 0 fully saturated rings. The van der Waals surface area contributed by atoms with Gasteiger partial charge in [-0.05, 0) is 29.8 Å². The van der Waals surface area contributed by atoms with Crippen molar-refractivity contribution in [2.45, 2.75) is 15.7 Å². The predicted molar refractivity (Wildman–Crippen MR) is 127 cm³/mol. The van der Waals surface area contributed by atoms with E-state index in [1.54, 1.807) is 23.5 Å². The van der Waals surface area contributed by atoms with E-state index >= 15 is 0 Å². The zero-order valence-electron chi connectivity index (χ0n) is 16.3. The van der Waals surface area contributed by atoms with Gasteiger partial charge in [0.1, 0.15) is 10.9 Å². The number of hydrogen-bond acceptors (Lipinski definition) is 5. The minimum absolute atomic E-state index is 0.295. The standard InChI is InChI=1S/C25H16N4S2/c26-14-16-21(15-8-2-1-3-9-15)22(24-28-17-10-4-6-12-19(17)30-24)23(27)29-18-11-5-7-13-20(18)31-25(16)29/h1-13,21,27-28H/t21-/m0/s1. The van der Waals surface area contributed by atoms with Gasteiger partial charge in [-0.3, -0.25) is 10.3 Å². The van der Waals surface area contributed by atoms with Gasteiger partial charge in [-0.15, -0.1) is 0 Å². The second-order valence-electron chi connectivity index (χ2n) is 7.39. The van der Waals surface area contributed by atoms with Crippen LogP contribution in [0.2, 0.25) is 0 Å². The van der Waals surface area contributed by atoms with Crippen molar-refractivity contribution in [3.63, 3.8) is 0 Å². The molecule has 2 N–H and O–H groups in total. The first kappa shape index (κ1) is 18.4. The molecular weight excluding hydrogens is 420 g/mol. The van der Waals surface area contributed by atoms with Crippen molar-refractivity contribution >= 4 is 40.7 Å². The lowest BCUT2D eigenvalue weighted by Crippen LogP contribution is -2.37. The second kappa shape index (κ2) is 7.09. The molecule has 0 aliphatic carbocycles. The Hall–Kier alpha value is -3.40. The fraction of sp³-hybridized carbons (Fsp3) is 0.0400. The summed E-state index contributed by atoms with van der Waals surface area (Å²) in [6, 6.07) is 28.8. The van der Waals surface area contributed by atoms with Crippen LogP contribution in [0.5, 0.6) is 0 Å². The topological polar surface area (TPSA) is 62.9 Å². The molecule has 3 aliphatic rings. The van der Waals surface area contributed by atoms with E-state index in [2.05, 4.69) is 23.5 Å². The highest BCUT2D eigenvalue weighted by atomic mass is 32.2. The van der Waals surface area contributed by atoms with Crippen molar-refractivity contribution in [1.29, 1.82) is 10.7 Å². The average molecular weight is 437 g/mol. The molecule has 1 atom stereocenters. The van der Waals surface area contributed by atoms with Crippen LogP contribution in [0, 0.1) is 16.7 Å². The van der Waals surface area contributed by atoms with E-state index in [-0.39, 0.29) is 5.92 Å². The maximum absolute atomic E-state index is 10.3. The zero-order chi connectivity index (χ0) is 20.9. The van der Waals surface area contributed by atoms with Gasteiger partial charge in [0.05, 0.1) is 34.0 Å². The largest absolute Gasteiger partial charge is 0.349 e. The van der Waals surface area contributed by atoms with Gasteiger partial charge in [0.2, 0.25) is 0 Å². The van der Waals surface area contributed by atoms with Crippen LogP contribution in [-0.2, 0) is 0 Å². The summed E-state index contributed by atoms with van der Waals surface area (Å²) in [5, 5.41) is 24.9. The summed E-state index contributed by atoms with van der Waals surface area (Å²) in [6.45, 7) is 0. The van der Waals surface area contributed by atoms with E-state index in [1.165, 1.54) is 0 Å². The monoisotopic (exact) mass is 436 g/mol. The van der Waals surface area contributed by atoms with Gasteiger partial charge in [-0.25, -0.2) is 0 Å². The number of nitrogens with zero attached hydrogens (tertiary/aromatic N) is 2. The number of rotatable bonds is 1. The van der Waals surface area contributed by atoms with Crippen LogP contribution in [0.1, 0.15) is 11.5 Å². The number of benzene rings is 3. The number of para-hydroxylation sites is 2. The first-order valence-corrected chi connectivity index (χ1v) is 11.5. The SMILES string of the molecule is N#CC1=C2Sc3ccccc3N2C(=N)C(=C2Nc3ccccc3S2)[C@H]1c1ccccc1. The van der Waals surface area contributed by atoms with Gasteiger partial charge in [0.15, 0.2) is 0 Å². The van der Waals surface area contributed by atoms with E-state index in [0.717, 1.165) is 42.4 Å². The fourth-order valence-electron chi connectivity index (χ4n) is 4.28. The quantitative estimate of drug-likeness (QED) is 0.454. The van der Waals surface area contributed by atoms with E-state index in [9.17, 15) is 10.7 Å². The molecule has 3 heterocycles. The second-order valence-corrected chi connectivity index (χ2v) is 9.48. The van der Waals surface area contributed by atoms with Crippen LogP contribution >= 0.6 is 23.5 Å². The summed E-state index contributed by atoms with van der Waals surface area (Å²) >= 11 is 3.21. The van der Waals surface area contributed by atoms with Crippen molar-refractivity contribution in [3.05, 3.63) is 106 Å². The van der Waals surface area contributed by atoms with Crippen LogP contribution < -0.4 is 10.2 Å². The molecule has 0 saturated carbocycles. The van der Waals surface area contributed by atoms with Crippen LogP contribution in [0.25, 0.3) is 0 Å². The lowest BCUT2D eigenvalue weighted by atomic mass is 9.82. The Balaban J connectivity index is 1.61. The molecule has 0 amide bonds. The molecule has 3 aromatic carbocycles. The lowest BCUT2D eigenvalue weighted by Gasteiger charge is -2.35. The maximum Gasteiger partial charge on any atom is 0.137 e. The molecule has 6 rings (SSSR count). The molecule has 31 heavy (non-hydrogen) atoms. The summed E-state index contributed by atoms with van der Waals surface area (Å²) in [5.41, 5.74) is 4.55. The van der Waals surface area contributed by atoms with Crippen LogP contribution in [-0.4, -0.2) is 5.84 Å². The fourth-order valence-corrected chi connectivity index (χ4v) is 6.53. The Morgan fingerprint density at radius 2 is 1.58 bits per heavy atom. The molecule has 0 radical (unpaired) electrons. The lowest BCUT2D eigenvalue weighted by molar-refractivity contribution is 0.939. The molecule has 6 heteroatoms. The third-order valence-corrected chi connectivity index (χ3v) is 7.91. The van der Waals surface area contributed by atoms with E-state index < -0.39 is 0 Å². The zero-order valence-corrected chi connectivity index (χ0v) is 17.9. The average Bonchev–Trinajstić information content (AvgIpc) is 3.41. The van der Waals surface area contributed by atoms with Gasteiger partial charge in [0.25, 0.3) is 0 Å². The van der Waals surface area contributed by atoms with Gasteiger partial charge in [-0.1, -0.05) is 78.1 Å². The number of allylic oxidation sites excluding steroid dienone is 1. The third kappa shape index (κ3) is 2.74. The van der Waals surface area contributed by atoms with Crippen LogP contribution in [0.4, 0.5) is 11.4 Å². The summed E-state index contributed by atoms with van der Waals surface area (Å²) in [7, 11) is 0. The van der Waals surface area contributed by atoms with E-state index in [1.807, 2.05) is 71.6 Å². The Morgan fingerprint density at radius 1 is 0.871 bits per heavy atom. The highest BCUT2D eigenvalue weighted by Gasteiger charge is 2.44. The van der Waals surface area contributed by atoms with Crippen LogP contribution in [0.3, 0.4) is 0 Å². The van der Waals surface area contributed by atoms with Crippen molar-refractivity contribution in [1.82, 2.24) is 0 Å². The Morgan fingerprint density at radius 3 is 2.35 bits per heavy atom. The number of hydrogen-bond donors (Lipinski definition) is 2. The molecule has 0 saturated heterocycles. The third-order valence-electron chi connectivity index (χ3n) is 5.65.